The number of hydrogen-bond donors (Lipinski definition) is 5. The second kappa shape index (κ2) is 20.0. The summed E-state index contributed by atoms with van der Waals surface area (Å²) in [6.45, 7) is 5.84. The van der Waals surface area contributed by atoms with E-state index in [-0.39, 0.29) is 23.3 Å². The lowest BCUT2D eigenvalue weighted by Crippen LogP contribution is -2.33. The maximum Gasteiger partial charge on any atom is 0.573 e. The third-order valence-electron chi connectivity index (χ3n) is 8.38. The lowest BCUT2D eigenvalue weighted by molar-refractivity contribution is -0.274. The normalized spacial score (nSPS) is 14.2. The number of alkyl halides is 3. The van der Waals surface area contributed by atoms with Gasteiger partial charge in [-0.25, -0.2) is 4.98 Å². The summed E-state index contributed by atoms with van der Waals surface area (Å²) < 4.78 is 64.0. The molecule has 19 heteroatoms. The van der Waals surface area contributed by atoms with Crippen molar-refractivity contribution in [3.8, 4) is 17.0 Å². The molecule has 1 atom stereocenters. The van der Waals surface area contributed by atoms with Gasteiger partial charge in [-0.2, -0.15) is 5.10 Å². The first-order valence-corrected chi connectivity index (χ1v) is 17.5. The molecule has 0 unspecified atom stereocenters. The van der Waals surface area contributed by atoms with Crippen molar-refractivity contribution < 1.29 is 56.5 Å². The number of nitrogens with zero attached hydrogens (tertiary/aromatic N) is 3. The fourth-order valence-electron chi connectivity index (χ4n) is 5.70. The number of halogens is 3. The summed E-state index contributed by atoms with van der Waals surface area (Å²) in [6, 6.07) is 12.9. The van der Waals surface area contributed by atoms with Crippen LogP contribution in [-0.4, -0.2) is 123 Å². The molecule has 1 aliphatic heterocycles. The zero-order valence-corrected chi connectivity index (χ0v) is 30.0. The molecular weight excluding hydrogens is 728 g/mol. The van der Waals surface area contributed by atoms with E-state index in [9.17, 15) is 32.8 Å². The largest absolute Gasteiger partial charge is 0.573 e. The van der Waals surface area contributed by atoms with E-state index in [1.807, 2.05) is 0 Å². The van der Waals surface area contributed by atoms with Gasteiger partial charge in [0.05, 0.1) is 63.6 Å². The minimum Gasteiger partial charge on any atom is -0.423 e. The van der Waals surface area contributed by atoms with Crippen molar-refractivity contribution in [2.75, 3.05) is 76.1 Å². The maximum absolute atomic E-state index is 13.0. The Morgan fingerprint density at radius 2 is 1.64 bits per heavy atom. The first kappa shape index (κ1) is 41.1. The van der Waals surface area contributed by atoms with Crippen molar-refractivity contribution in [1.82, 2.24) is 20.5 Å². The number of amides is 2. The zero-order chi connectivity index (χ0) is 39.2. The minimum absolute atomic E-state index is 0.0598. The van der Waals surface area contributed by atoms with Crippen molar-refractivity contribution in [1.29, 1.82) is 0 Å². The van der Waals surface area contributed by atoms with Crippen molar-refractivity contribution in [3.63, 3.8) is 0 Å². The molecule has 4 aromatic rings. The van der Waals surface area contributed by atoms with E-state index in [4.69, 9.17) is 18.9 Å². The number of carbonyl (C=O) groups is 2. The quantitative estimate of drug-likeness (QED) is 0.0654. The number of H-pyrrole nitrogens is 1. The minimum atomic E-state index is -4.81. The van der Waals surface area contributed by atoms with Gasteiger partial charge in [-0.15, -0.1) is 13.2 Å². The molecule has 2 aromatic carbocycles. The van der Waals surface area contributed by atoms with Crippen LogP contribution in [0.1, 0.15) is 32.7 Å². The highest BCUT2D eigenvalue weighted by Crippen LogP contribution is 2.32. The predicted molar refractivity (Wildman–Crippen MR) is 195 cm³/mol. The molecule has 0 aliphatic carbocycles. The van der Waals surface area contributed by atoms with Crippen LogP contribution in [0.2, 0.25) is 0 Å². The monoisotopic (exact) mass is 770 g/mol. The van der Waals surface area contributed by atoms with Crippen LogP contribution in [0.5, 0.6) is 5.75 Å². The fraction of sp³-hybridized carbons (Fsp3) is 0.389. The Morgan fingerprint density at radius 3 is 2.29 bits per heavy atom. The second-order valence-corrected chi connectivity index (χ2v) is 12.4. The lowest BCUT2D eigenvalue weighted by atomic mass is 9.77. The second-order valence-electron chi connectivity index (χ2n) is 12.4. The topological polar surface area (TPSA) is 190 Å². The highest BCUT2D eigenvalue weighted by Gasteiger charge is 2.31. The number of pyridine rings is 1. The Bertz CT molecular complexity index is 1830. The molecule has 294 valence electrons. The summed E-state index contributed by atoms with van der Waals surface area (Å²) in [5.74, 6) is -0.530. The molecule has 2 aromatic heterocycles. The summed E-state index contributed by atoms with van der Waals surface area (Å²) in [4.78, 5) is 32.0. The van der Waals surface area contributed by atoms with Gasteiger partial charge in [0.2, 0.25) is 0 Å². The van der Waals surface area contributed by atoms with Gasteiger partial charge in [-0.1, -0.05) is 11.6 Å². The number of rotatable bonds is 20. The number of benzene rings is 2. The van der Waals surface area contributed by atoms with E-state index in [0.717, 1.165) is 18.6 Å². The third kappa shape index (κ3) is 12.8. The van der Waals surface area contributed by atoms with Crippen LogP contribution in [0.25, 0.3) is 11.3 Å². The van der Waals surface area contributed by atoms with E-state index in [0.29, 0.717) is 99.5 Å². The van der Waals surface area contributed by atoms with E-state index >= 15 is 0 Å². The Labute approximate surface area is 315 Å². The van der Waals surface area contributed by atoms with E-state index < -0.39 is 25.1 Å². The Morgan fingerprint density at radius 1 is 0.927 bits per heavy atom. The number of carbonyl (C=O) groups excluding carboxylic acids is 2. The van der Waals surface area contributed by atoms with Crippen LogP contribution < -0.4 is 25.7 Å². The highest BCUT2D eigenvalue weighted by molar-refractivity contribution is 6.59. The van der Waals surface area contributed by atoms with Crippen molar-refractivity contribution in [2.45, 2.75) is 25.8 Å². The van der Waals surface area contributed by atoms with E-state index in [2.05, 4.69) is 35.5 Å². The van der Waals surface area contributed by atoms with E-state index in [1.165, 1.54) is 30.5 Å². The summed E-state index contributed by atoms with van der Waals surface area (Å²) in [5, 5.41) is 31.0. The molecule has 55 heavy (non-hydrogen) atoms. The Kier molecular flexibility index (Phi) is 15.0. The van der Waals surface area contributed by atoms with Crippen molar-refractivity contribution >= 4 is 35.9 Å². The van der Waals surface area contributed by atoms with Crippen molar-refractivity contribution in [2.24, 2.45) is 0 Å². The number of hydrogen-bond acceptors (Lipinski definition) is 12. The Balaban J connectivity index is 0.951. The zero-order valence-electron chi connectivity index (χ0n) is 30.0. The van der Waals surface area contributed by atoms with Crippen LogP contribution in [0.15, 0.2) is 67.0 Å². The molecule has 0 saturated carbocycles. The van der Waals surface area contributed by atoms with Gasteiger partial charge in [0.1, 0.15) is 11.6 Å². The molecule has 1 aliphatic rings. The average Bonchev–Trinajstić information content (AvgIpc) is 3.86. The summed E-state index contributed by atoms with van der Waals surface area (Å²) >= 11 is 0. The van der Waals surface area contributed by atoms with Crippen LogP contribution in [0.3, 0.4) is 0 Å². The number of anilines is 2. The molecule has 15 nitrogen and oxygen atoms in total. The van der Waals surface area contributed by atoms with Gasteiger partial charge < -0.3 is 49.3 Å². The maximum atomic E-state index is 13.0. The number of aryl methyl sites for hydroxylation is 1. The SMILES string of the molecule is Cc1cc(C(=O)NCCOCCOCCOCCO[C@@H]2CCN(c3ncc(C(=O)Nc4ccc(OC(F)(F)F)cc4)cc3-c3ccn[nH]3)C2)ccc1B(O)O. The van der Waals surface area contributed by atoms with Gasteiger partial charge in [0, 0.05) is 48.8 Å². The molecule has 5 rings (SSSR count). The highest BCUT2D eigenvalue weighted by atomic mass is 19.4. The van der Waals surface area contributed by atoms with Crippen LogP contribution in [0, 0.1) is 6.92 Å². The molecular formula is C36H42BF3N6O9. The lowest BCUT2D eigenvalue weighted by Gasteiger charge is -2.21. The van der Waals surface area contributed by atoms with Crippen LogP contribution in [0.4, 0.5) is 24.7 Å². The van der Waals surface area contributed by atoms with Crippen molar-refractivity contribution in [3.05, 3.63) is 83.7 Å². The van der Waals surface area contributed by atoms with Gasteiger partial charge in [0.25, 0.3) is 11.8 Å². The number of aromatic nitrogens is 3. The molecule has 0 spiro atoms. The summed E-state index contributed by atoms with van der Waals surface area (Å²) in [6.07, 6.45) is -1.08. The Hall–Kier alpha value is -5.05. The number of ether oxygens (including phenoxy) is 5. The van der Waals surface area contributed by atoms with Gasteiger partial charge in [-0.05, 0) is 67.3 Å². The first-order chi connectivity index (χ1) is 26.5. The smallest absolute Gasteiger partial charge is 0.423 e. The molecule has 1 saturated heterocycles. The van der Waals surface area contributed by atoms with E-state index in [1.54, 1.807) is 31.3 Å². The average molecular weight is 771 g/mol. The molecule has 0 radical (unpaired) electrons. The molecule has 0 bridgehead atoms. The van der Waals surface area contributed by atoms with Gasteiger partial charge in [0.15, 0.2) is 0 Å². The first-order valence-electron chi connectivity index (χ1n) is 17.5. The van der Waals surface area contributed by atoms with Gasteiger partial charge in [-0.3, -0.25) is 14.7 Å². The summed E-state index contributed by atoms with van der Waals surface area (Å²) in [7, 11) is -1.59. The third-order valence-corrected chi connectivity index (χ3v) is 8.38. The molecule has 2 amide bonds. The number of nitrogens with one attached hydrogen (secondary N) is 3. The van der Waals surface area contributed by atoms with Crippen LogP contribution >= 0.6 is 0 Å². The predicted octanol–water partition coefficient (Wildman–Crippen LogP) is 2.69. The fourth-order valence-corrected chi connectivity index (χ4v) is 5.70. The standard InChI is InChI=1S/C36H42BF3N6O9/c1-24-20-25(2-7-31(24)37(49)50)34(47)41-11-13-51-14-15-52-16-17-53-18-19-54-29-9-12-46(23-29)33-30(32-8-10-43-45-32)21-26(22-42-33)35(48)44-27-3-5-28(6-4-27)55-36(38,39)40/h2-8,10,20-22,29,49-50H,9,11-19,23H2,1H3,(H,41,47)(H,43,45)(H,44,48)/t29-/m1/s1. The molecule has 5 N–H and O–H groups in total. The molecule has 3 heterocycles. The van der Waals surface area contributed by atoms with Gasteiger partial charge >= 0.3 is 13.5 Å². The number of aromatic amines is 1. The molecule has 1 fully saturated rings. The van der Waals surface area contributed by atoms with Crippen LogP contribution in [-0.2, 0) is 18.9 Å². The summed E-state index contributed by atoms with van der Waals surface area (Å²) in [5.41, 5.74) is 3.21.